The van der Waals surface area contributed by atoms with Crippen molar-refractivity contribution < 1.29 is 4.74 Å². The largest absolute Gasteiger partial charge is 0.489 e. The summed E-state index contributed by atoms with van der Waals surface area (Å²) in [5, 5.41) is 6.84. The predicted octanol–water partition coefficient (Wildman–Crippen LogP) is 1.55. The van der Waals surface area contributed by atoms with Crippen LogP contribution < -0.4 is 15.4 Å². The van der Waals surface area contributed by atoms with Gasteiger partial charge in [-0.2, -0.15) is 0 Å². The third kappa shape index (κ3) is 5.99. The summed E-state index contributed by atoms with van der Waals surface area (Å²) in [6, 6.07) is 8.74. The zero-order valence-corrected chi connectivity index (χ0v) is 18.4. The van der Waals surface area contributed by atoms with Gasteiger partial charge in [-0.25, -0.2) is 0 Å². The average Bonchev–Trinajstić information content (AvgIpc) is 2.63. The van der Waals surface area contributed by atoms with Crippen molar-refractivity contribution in [3.63, 3.8) is 0 Å². The molecule has 2 bridgehead atoms. The summed E-state index contributed by atoms with van der Waals surface area (Å²) in [6.45, 7) is 11.8. The van der Waals surface area contributed by atoms with Crippen molar-refractivity contribution in [1.29, 1.82) is 0 Å². The Bertz CT molecular complexity index is 589. The molecule has 1 aromatic carbocycles. The fourth-order valence-electron chi connectivity index (χ4n) is 3.56. The number of ether oxygens (including phenoxy) is 1. The number of piperazine rings is 3. The van der Waals surface area contributed by atoms with E-state index in [0.29, 0.717) is 12.6 Å². The number of guanidine groups is 1. The Labute approximate surface area is 174 Å². The van der Waals surface area contributed by atoms with Crippen molar-refractivity contribution in [1.82, 2.24) is 20.4 Å². The van der Waals surface area contributed by atoms with E-state index in [9.17, 15) is 0 Å². The normalized spacial score (nSPS) is 26.0. The van der Waals surface area contributed by atoms with E-state index in [-0.39, 0.29) is 30.1 Å². The van der Waals surface area contributed by atoms with Crippen LogP contribution in [-0.2, 0) is 0 Å². The van der Waals surface area contributed by atoms with Gasteiger partial charge in [0.15, 0.2) is 5.96 Å². The van der Waals surface area contributed by atoms with E-state index in [1.165, 1.54) is 31.7 Å². The zero-order valence-electron chi connectivity index (χ0n) is 16.1. The Morgan fingerprint density at radius 2 is 2.04 bits per heavy atom. The molecule has 7 heteroatoms. The molecule has 0 aliphatic carbocycles. The highest BCUT2D eigenvalue weighted by Crippen LogP contribution is 2.15. The van der Waals surface area contributed by atoms with Gasteiger partial charge in [-0.3, -0.25) is 14.8 Å². The smallest absolute Gasteiger partial charge is 0.191 e. The first-order chi connectivity index (χ1) is 12.1. The van der Waals surface area contributed by atoms with Crippen LogP contribution in [0.4, 0.5) is 0 Å². The summed E-state index contributed by atoms with van der Waals surface area (Å²) in [5.41, 5.74) is 1.21. The first-order valence-electron chi connectivity index (χ1n) is 9.28. The highest BCUT2D eigenvalue weighted by atomic mass is 127. The second-order valence-corrected chi connectivity index (χ2v) is 7.07. The maximum Gasteiger partial charge on any atom is 0.191 e. The number of hydrogen-bond acceptors (Lipinski definition) is 4. The molecular weight excluding hydrogens is 441 g/mol. The van der Waals surface area contributed by atoms with Crippen molar-refractivity contribution in [3.8, 4) is 5.75 Å². The lowest BCUT2D eigenvalue weighted by atomic mass is 10.1. The third-order valence-electron chi connectivity index (χ3n) is 5.00. The van der Waals surface area contributed by atoms with E-state index >= 15 is 0 Å². The Kier molecular flexibility index (Phi) is 8.43. The quantitative estimate of drug-likeness (QED) is 0.373. The van der Waals surface area contributed by atoms with E-state index in [1.807, 2.05) is 19.2 Å². The number of nitrogens with one attached hydrogen (secondary N) is 2. The summed E-state index contributed by atoms with van der Waals surface area (Å²) in [5.74, 6) is 1.76. The van der Waals surface area contributed by atoms with Crippen LogP contribution in [0.25, 0.3) is 0 Å². The van der Waals surface area contributed by atoms with Crippen molar-refractivity contribution in [2.24, 2.45) is 4.99 Å². The second-order valence-electron chi connectivity index (χ2n) is 7.07. The number of aliphatic imine (C=N–C) groups is 1. The Balaban J connectivity index is 0.00000243. The van der Waals surface area contributed by atoms with Crippen molar-refractivity contribution in [2.45, 2.75) is 26.0 Å². The van der Waals surface area contributed by atoms with Crippen LogP contribution in [0.15, 0.2) is 29.3 Å². The molecule has 2 N–H and O–H groups in total. The van der Waals surface area contributed by atoms with Crippen LogP contribution in [0, 0.1) is 6.92 Å². The number of nitrogens with zero attached hydrogens (tertiary/aromatic N) is 3. The molecule has 146 valence electrons. The summed E-state index contributed by atoms with van der Waals surface area (Å²) < 4.78 is 5.96. The Morgan fingerprint density at radius 3 is 2.65 bits per heavy atom. The molecule has 1 aromatic rings. The van der Waals surface area contributed by atoms with Gasteiger partial charge in [0.2, 0.25) is 0 Å². The number of rotatable bonds is 6. The maximum atomic E-state index is 5.96. The van der Waals surface area contributed by atoms with Gasteiger partial charge in [-0.15, -0.1) is 24.0 Å². The molecule has 0 amide bonds. The lowest BCUT2D eigenvalue weighted by Gasteiger charge is -2.47. The molecule has 3 heterocycles. The standard InChI is InChI=1S/C19H31N5O.HI/c1-15-5-4-6-18(11-15)25-16(2)12-21-19(20-3)22-13-17-14-23-7-9-24(17)10-8-23;/h4-6,11,16-17H,7-10,12-14H2,1-3H3,(H2,20,21,22);1H. The lowest BCUT2D eigenvalue weighted by molar-refractivity contribution is 0.0154. The maximum absolute atomic E-state index is 5.96. The molecule has 3 saturated heterocycles. The number of aryl methyl sites for hydroxylation is 1. The molecular formula is C19H32IN5O. The third-order valence-corrected chi connectivity index (χ3v) is 5.00. The van der Waals surface area contributed by atoms with Gasteiger partial charge in [-0.05, 0) is 31.5 Å². The van der Waals surface area contributed by atoms with Gasteiger partial charge in [0.1, 0.15) is 11.9 Å². The number of hydrogen-bond donors (Lipinski definition) is 2. The molecule has 3 fully saturated rings. The fraction of sp³-hybridized carbons (Fsp3) is 0.632. The molecule has 6 nitrogen and oxygen atoms in total. The zero-order chi connectivity index (χ0) is 17.6. The van der Waals surface area contributed by atoms with Gasteiger partial charge >= 0.3 is 0 Å². The summed E-state index contributed by atoms with van der Waals surface area (Å²) in [7, 11) is 1.82. The van der Waals surface area contributed by atoms with Crippen LogP contribution in [0.1, 0.15) is 12.5 Å². The van der Waals surface area contributed by atoms with E-state index in [1.54, 1.807) is 0 Å². The molecule has 0 saturated carbocycles. The van der Waals surface area contributed by atoms with Crippen LogP contribution in [-0.4, -0.2) is 80.8 Å². The minimum atomic E-state index is 0. The van der Waals surface area contributed by atoms with Crippen LogP contribution >= 0.6 is 24.0 Å². The SMILES string of the molecule is CN=C(NCC(C)Oc1cccc(C)c1)NCC1CN2CCN1CC2.I. The topological polar surface area (TPSA) is 52.1 Å². The molecule has 3 aliphatic rings. The van der Waals surface area contributed by atoms with E-state index < -0.39 is 0 Å². The number of benzene rings is 1. The van der Waals surface area contributed by atoms with E-state index in [2.05, 4.69) is 51.4 Å². The lowest BCUT2D eigenvalue weighted by Crippen LogP contribution is -2.64. The molecule has 0 radical (unpaired) electrons. The highest BCUT2D eigenvalue weighted by Gasteiger charge is 2.31. The molecule has 2 atom stereocenters. The number of fused-ring (bicyclic) bond motifs is 3. The summed E-state index contributed by atoms with van der Waals surface area (Å²) in [4.78, 5) is 9.48. The molecule has 3 aliphatic heterocycles. The van der Waals surface area contributed by atoms with E-state index in [0.717, 1.165) is 24.8 Å². The molecule has 2 unspecified atom stereocenters. The summed E-state index contributed by atoms with van der Waals surface area (Å²) >= 11 is 0. The minimum absolute atomic E-state index is 0. The molecule has 4 rings (SSSR count). The highest BCUT2D eigenvalue weighted by molar-refractivity contribution is 14.0. The van der Waals surface area contributed by atoms with Crippen LogP contribution in [0.3, 0.4) is 0 Å². The van der Waals surface area contributed by atoms with Gasteiger partial charge in [-0.1, -0.05) is 12.1 Å². The molecule has 0 spiro atoms. The van der Waals surface area contributed by atoms with Gasteiger partial charge in [0.05, 0.1) is 6.54 Å². The van der Waals surface area contributed by atoms with Gasteiger partial charge in [0, 0.05) is 52.4 Å². The molecule has 26 heavy (non-hydrogen) atoms. The fourth-order valence-corrected chi connectivity index (χ4v) is 3.56. The first kappa shape index (κ1) is 21.2. The Hall–Kier alpha value is -1.06. The average molecular weight is 473 g/mol. The predicted molar refractivity (Wildman–Crippen MR) is 118 cm³/mol. The first-order valence-corrected chi connectivity index (χ1v) is 9.28. The number of halogens is 1. The van der Waals surface area contributed by atoms with Crippen LogP contribution in [0.5, 0.6) is 5.75 Å². The Morgan fingerprint density at radius 1 is 1.27 bits per heavy atom. The summed E-state index contributed by atoms with van der Waals surface area (Å²) in [6.07, 6.45) is 0.0703. The van der Waals surface area contributed by atoms with E-state index in [4.69, 9.17) is 4.74 Å². The van der Waals surface area contributed by atoms with Crippen LogP contribution in [0.2, 0.25) is 0 Å². The van der Waals surface area contributed by atoms with Gasteiger partial charge in [0.25, 0.3) is 0 Å². The second kappa shape index (κ2) is 10.3. The minimum Gasteiger partial charge on any atom is -0.489 e. The monoisotopic (exact) mass is 473 g/mol. The van der Waals surface area contributed by atoms with Crippen molar-refractivity contribution >= 4 is 29.9 Å². The van der Waals surface area contributed by atoms with Gasteiger partial charge < -0.3 is 15.4 Å². The van der Waals surface area contributed by atoms with Crippen molar-refractivity contribution in [2.75, 3.05) is 52.9 Å². The van der Waals surface area contributed by atoms with Crippen molar-refractivity contribution in [3.05, 3.63) is 29.8 Å². The molecule has 0 aromatic heterocycles.